The lowest BCUT2D eigenvalue weighted by molar-refractivity contribution is 0.985. The monoisotopic (exact) mass is 288 g/mol. The zero-order valence-corrected chi connectivity index (χ0v) is 12.1. The van der Waals surface area contributed by atoms with Gasteiger partial charge in [-0.15, -0.1) is 0 Å². The van der Waals surface area contributed by atoms with Crippen LogP contribution in [0.4, 0.5) is 0 Å². The van der Waals surface area contributed by atoms with Gasteiger partial charge in [-0.05, 0) is 29.2 Å². The van der Waals surface area contributed by atoms with E-state index in [4.69, 9.17) is 0 Å². The second kappa shape index (κ2) is 6.76. The molecule has 22 heavy (non-hydrogen) atoms. The molecule has 0 saturated carbocycles. The lowest BCUT2D eigenvalue weighted by atomic mass is 10.0. The van der Waals surface area contributed by atoms with Crippen LogP contribution >= 0.6 is 0 Å². The van der Waals surface area contributed by atoms with E-state index < -0.39 is 5.69 Å². The van der Waals surface area contributed by atoms with E-state index in [1.54, 1.807) is 6.20 Å². The van der Waals surface area contributed by atoms with Crippen LogP contribution in [0.3, 0.4) is 0 Å². The Morgan fingerprint density at radius 3 is 1.95 bits per heavy atom. The van der Waals surface area contributed by atoms with E-state index in [2.05, 4.69) is 22.1 Å². The van der Waals surface area contributed by atoms with Crippen molar-refractivity contribution in [3.8, 4) is 0 Å². The van der Waals surface area contributed by atoms with Gasteiger partial charge >= 0.3 is 5.69 Å². The fourth-order valence-electron chi connectivity index (χ4n) is 2.42. The molecule has 0 aliphatic carbocycles. The quantitative estimate of drug-likeness (QED) is 0.741. The Balaban J connectivity index is 1.98. The Morgan fingerprint density at radius 2 is 1.32 bits per heavy atom. The van der Waals surface area contributed by atoms with Crippen LogP contribution in [-0.2, 0) is 12.8 Å². The molecule has 1 heterocycles. The minimum Gasteiger partial charge on any atom is -0.244 e. The lowest BCUT2D eigenvalue weighted by Gasteiger charge is -2.06. The molecule has 3 rings (SSSR count). The van der Waals surface area contributed by atoms with Gasteiger partial charge in [0.1, 0.15) is 0 Å². The second-order valence-corrected chi connectivity index (χ2v) is 5.14. The Kier molecular flexibility index (Phi) is 4.35. The van der Waals surface area contributed by atoms with Crippen molar-refractivity contribution in [1.82, 2.24) is 9.97 Å². The molecule has 3 heteroatoms. The molecule has 0 atom stereocenters. The average Bonchev–Trinajstić information content (AvgIpc) is 2.71. The number of nitrogens with zero attached hydrogens (tertiary/aromatic N) is 2. The Labute approximate surface area is 129 Å². The molecule has 0 aliphatic heterocycles. The SMILES string of the molecule is O=c1nccc(Cc2ccccc2)c(Cc2ccccc2)n1. The number of hydrogen-bond donors (Lipinski definition) is 0. The summed E-state index contributed by atoms with van der Waals surface area (Å²) >= 11 is 0. The minimum atomic E-state index is -0.440. The molecular formula is C19H16N2O. The van der Waals surface area contributed by atoms with Gasteiger partial charge < -0.3 is 0 Å². The molecular weight excluding hydrogens is 272 g/mol. The fourth-order valence-corrected chi connectivity index (χ4v) is 2.42. The van der Waals surface area contributed by atoms with E-state index >= 15 is 0 Å². The van der Waals surface area contributed by atoms with E-state index in [0.29, 0.717) is 6.42 Å². The maximum absolute atomic E-state index is 11.7. The smallest absolute Gasteiger partial charge is 0.244 e. The molecule has 2 aromatic carbocycles. The molecule has 0 amide bonds. The van der Waals surface area contributed by atoms with Crippen LogP contribution in [0.15, 0.2) is 77.7 Å². The molecule has 0 radical (unpaired) electrons. The van der Waals surface area contributed by atoms with Gasteiger partial charge in [0.2, 0.25) is 0 Å². The van der Waals surface area contributed by atoms with Crippen LogP contribution < -0.4 is 5.69 Å². The third-order valence-electron chi connectivity index (χ3n) is 3.51. The van der Waals surface area contributed by atoms with Gasteiger partial charge in [0.05, 0.1) is 5.69 Å². The average molecular weight is 288 g/mol. The highest BCUT2D eigenvalue weighted by molar-refractivity contribution is 5.31. The van der Waals surface area contributed by atoms with Crippen LogP contribution in [0.1, 0.15) is 22.4 Å². The van der Waals surface area contributed by atoms with E-state index in [0.717, 1.165) is 23.2 Å². The molecule has 0 N–H and O–H groups in total. The summed E-state index contributed by atoms with van der Waals surface area (Å²) in [6.07, 6.45) is 2.92. The number of aromatic nitrogens is 2. The van der Waals surface area contributed by atoms with Crippen molar-refractivity contribution in [1.29, 1.82) is 0 Å². The van der Waals surface area contributed by atoms with Gasteiger partial charge in [-0.1, -0.05) is 60.7 Å². The summed E-state index contributed by atoms with van der Waals surface area (Å²) in [4.78, 5) is 19.6. The third-order valence-corrected chi connectivity index (χ3v) is 3.51. The van der Waals surface area contributed by atoms with Crippen molar-refractivity contribution in [3.63, 3.8) is 0 Å². The summed E-state index contributed by atoms with van der Waals surface area (Å²) in [5.74, 6) is 0. The molecule has 3 nitrogen and oxygen atoms in total. The molecule has 0 bridgehead atoms. The molecule has 3 aromatic rings. The predicted octanol–water partition coefficient (Wildman–Crippen LogP) is 3.02. The van der Waals surface area contributed by atoms with Gasteiger partial charge in [0.25, 0.3) is 0 Å². The highest BCUT2D eigenvalue weighted by Crippen LogP contribution is 2.14. The van der Waals surface area contributed by atoms with Crippen molar-refractivity contribution < 1.29 is 0 Å². The number of rotatable bonds is 4. The standard InChI is InChI=1S/C19H16N2O/c22-19-20-12-11-17(13-15-7-3-1-4-8-15)18(21-19)14-16-9-5-2-6-10-16/h1-12H,13-14H2. The van der Waals surface area contributed by atoms with E-state index in [1.165, 1.54) is 5.56 Å². The van der Waals surface area contributed by atoms with Crippen molar-refractivity contribution in [2.75, 3.05) is 0 Å². The van der Waals surface area contributed by atoms with Crippen molar-refractivity contribution in [2.45, 2.75) is 12.8 Å². The van der Waals surface area contributed by atoms with E-state index in [9.17, 15) is 4.79 Å². The zero-order valence-electron chi connectivity index (χ0n) is 12.1. The zero-order chi connectivity index (χ0) is 15.2. The van der Waals surface area contributed by atoms with E-state index in [1.807, 2.05) is 54.6 Å². The van der Waals surface area contributed by atoms with Crippen LogP contribution in [0.25, 0.3) is 0 Å². The third kappa shape index (κ3) is 3.64. The molecule has 0 unspecified atom stereocenters. The first-order valence-electron chi connectivity index (χ1n) is 7.24. The normalized spacial score (nSPS) is 10.4. The van der Waals surface area contributed by atoms with Crippen molar-refractivity contribution >= 4 is 0 Å². The van der Waals surface area contributed by atoms with Gasteiger partial charge in [0.15, 0.2) is 0 Å². The van der Waals surface area contributed by atoms with Crippen LogP contribution in [0.5, 0.6) is 0 Å². The Bertz CT molecular complexity index is 802. The highest BCUT2D eigenvalue weighted by Gasteiger charge is 2.06. The van der Waals surface area contributed by atoms with Gasteiger partial charge in [-0.3, -0.25) is 0 Å². The highest BCUT2D eigenvalue weighted by atomic mass is 16.1. The van der Waals surface area contributed by atoms with Crippen molar-refractivity contribution in [2.24, 2.45) is 0 Å². The van der Waals surface area contributed by atoms with Crippen LogP contribution in [-0.4, -0.2) is 9.97 Å². The van der Waals surface area contributed by atoms with E-state index in [-0.39, 0.29) is 0 Å². The number of hydrogen-bond acceptors (Lipinski definition) is 3. The maximum atomic E-state index is 11.7. The summed E-state index contributed by atoms with van der Waals surface area (Å²) in [6, 6.07) is 22.1. The maximum Gasteiger partial charge on any atom is 0.367 e. The fraction of sp³-hybridized carbons (Fsp3) is 0.105. The Hall–Kier alpha value is -2.81. The summed E-state index contributed by atoms with van der Waals surface area (Å²) in [5, 5.41) is 0. The molecule has 0 saturated heterocycles. The molecule has 0 spiro atoms. The minimum absolute atomic E-state index is 0.440. The molecule has 108 valence electrons. The van der Waals surface area contributed by atoms with Gasteiger partial charge in [-0.2, -0.15) is 4.98 Å². The largest absolute Gasteiger partial charge is 0.367 e. The number of benzene rings is 2. The van der Waals surface area contributed by atoms with Gasteiger partial charge in [-0.25, -0.2) is 9.78 Å². The second-order valence-electron chi connectivity index (χ2n) is 5.14. The summed E-state index contributed by atoms with van der Waals surface area (Å²) in [7, 11) is 0. The first kappa shape index (κ1) is 14.1. The first-order valence-corrected chi connectivity index (χ1v) is 7.24. The van der Waals surface area contributed by atoms with Gasteiger partial charge in [0, 0.05) is 12.6 Å². The molecule has 0 fully saturated rings. The summed E-state index contributed by atoms with van der Waals surface area (Å²) in [5.41, 5.74) is 3.71. The van der Waals surface area contributed by atoms with Crippen molar-refractivity contribution in [3.05, 3.63) is 106 Å². The molecule has 1 aromatic heterocycles. The van der Waals surface area contributed by atoms with Crippen LogP contribution in [0.2, 0.25) is 0 Å². The molecule has 0 aliphatic rings. The first-order chi connectivity index (χ1) is 10.8. The topological polar surface area (TPSA) is 42.9 Å². The Morgan fingerprint density at radius 1 is 0.727 bits per heavy atom. The predicted molar refractivity (Wildman–Crippen MR) is 86.8 cm³/mol. The van der Waals surface area contributed by atoms with Crippen LogP contribution in [0, 0.1) is 0 Å². The summed E-state index contributed by atoms with van der Waals surface area (Å²) in [6.45, 7) is 0. The lowest BCUT2D eigenvalue weighted by Crippen LogP contribution is -2.09. The summed E-state index contributed by atoms with van der Waals surface area (Å²) < 4.78 is 0.